The van der Waals surface area contributed by atoms with Gasteiger partial charge in [0.2, 0.25) is 0 Å². The van der Waals surface area contributed by atoms with E-state index < -0.39 is 17.8 Å². The molecule has 1 fully saturated rings. The van der Waals surface area contributed by atoms with E-state index in [1.165, 1.54) is 53.3 Å². The Morgan fingerprint density at radius 3 is 1.41 bits per heavy atom. The molecule has 1 heterocycles. The molecular weight excluding hydrogens is 407 g/mol. The van der Waals surface area contributed by atoms with Crippen LogP contribution in [0.15, 0.2) is 10.5 Å². The van der Waals surface area contributed by atoms with Crippen molar-refractivity contribution in [1.29, 1.82) is 0 Å². The van der Waals surface area contributed by atoms with Gasteiger partial charge in [-0.3, -0.25) is 0 Å². The number of rotatable bonds is 14. The molecule has 0 saturated carbocycles. The molecule has 0 atom stereocenters. The monoisotopic (exact) mass is 443 g/mol. The topological polar surface area (TPSA) is 57.7 Å². The summed E-state index contributed by atoms with van der Waals surface area (Å²) in [6.07, 6.45) is 13.0. The number of imide groups is 2. The summed E-state index contributed by atoms with van der Waals surface area (Å²) in [5, 5.41) is 0. The Balaban J connectivity index is 2.57. The van der Waals surface area contributed by atoms with Crippen molar-refractivity contribution in [3.63, 3.8) is 0 Å². The molecule has 153 valence electrons. The zero-order valence-electron chi connectivity index (χ0n) is 17.0. The molecule has 5 nitrogen and oxygen atoms in total. The van der Waals surface area contributed by atoms with Crippen molar-refractivity contribution in [3.05, 3.63) is 10.5 Å². The summed E-state index contributed by atoms with van der Waals surface area (Å²) in [6.45, 7) is 5.13. The van der Waals surface area contributed by atoms with Crippen LogP contribution in [0.2, 0.25) is 0 Å². The minimum absolute atomic E-state index is 0.0755. The molecule has 0 aromatic heterocycles. The molecular formula is C21H35N2O3Se. The van der Waals surface area contributed by atoms with Gasteiger partial charge in [0.25, 0.3) is 0 Å². The Morgan fingerprint density at radius 2 is 1.04 bits per heavy atom. The van der Waals surface area contributed by atoms with Crippen molar-refractivity contribution in [2.45, 2.75) is 90.9 Å². The molecule has 0 aromatic carbocycles. The van der Waals surface area contributed by atoms with Gasteiger partial charge in [-0.05, 0) is 0 Å². The fraction of sp³-hybridized carbons (Fsp3) is 0.762. The molecule has 1 aliphatic rings. The van der Waals surface area contributed by atoms with E-state index in [4.69, 9.17) is 0 Å². The van der Waals surface area contributed by atoms with Crippen LogP contribution in [0, 0.1) is 0 Å². The van der Waals surface area contributed by atoms with Crippen molar-refractivity contribution in [2.75, 3.05) is 13.1 Å². The molecule has 1 rings (SSSR count). The van der Waals surface area contributed by atoms with Gasteiger partial charge < -0.3 is 0 Å². The SMILES string of the molecule is CCCCCCCCN1C(=O)C(=C[Se])C(=O)N(CCCCCCCC)C1=O. The third-order valence-electron chi connectivity index (χ3n) is 5.00. The summed E-state index contributed by atoms with van der Waals surface area (Å²) in [7, 11) is 0. The molecule has 4 amide bonds. The average Bonchev–Trinajstić information content (AvgIpc) is 2.66. The van der Waals surface area contributed by atoms with Crippen LogP contribution in [-0.4, -0.2) is 56.7 Å². The Kier molecular flexibility index (Phi) is 12.4. The van der Waals surface area contributed by atoms with Crippen molar-refractivity contribution >= 4 is 33.9 Å². The zero-order chi connectivity index (χ0) is 20.1. The summed E-state index contributed by atoms with van der Waals surface area (Å²) in [5.74, 6) is -0.923. The van der Waals surface area contributed by atoms with E-state index in [9.17, 15) is 14.4 Å². The number of amides is 4. The van der Waals surface area contributed by atoms with E-state index in [0.29, 0.717) is 13.1 Å². The predicted octanol–water partition coefficient (Wildman–Crippen LogP) is 4.55. The van der Waals surface area contributed by atoms with E-state index in [-0.39, 0.29) is 5.57 Å². The molecule has 0 aliphatic carbocycles. The van der Waals surface area contributed by atoms with Gasteiger partial charge in [-0.1, -0.05) is 0 Å². The van der Waals surface area contributed by atoms with Gasteiger partial charge in [0.1, 0.15) is 0 Å². The van der Waals surface area contributed by atoms with E-state index in [0.717, 1.165) is 38.5 Å². The fourth-order valence-electron chi connectivity index (χ4n) is 3.30. The van der Waals surface area contributed by atoms with Crippen LogP contribution in [0.3, 0.4) is 0 Å². The number of barbiturate groups is 1. The fourth-order valence-corrected chi connectivity index (χ4v) is 3.72. The number of unbranched alkanes of at least 4 members (excludes halogenated alkanes) is 10. The minimum atomic E-state index is -0.462. The third-order valence-corrected chi connectivity index (χ3v) is 5.50. The molecule has 1 radical (unpaired) electrons. The summed E-state index contributed by atoms with van der Waals surface area (Å²) in [4.78, 5) is 41.6. The molecule has 0 spiro atoms. The Hall–Kier alpha value is -1.13. The standard InChI is InChI=1S/C21H35N2O3Se/c1-3-5-7-9-11-13-15-22-19(24)18(17-27)20(25)23(21(22)26)16-14-12-10-8-6-4-2/h17H,3-16H2,1-2H3. The van der Waals surface area contributed by atoms with E-state index in [1.807, 2.05) is 0 Å². The molecule has 6 heteroatoms. The van der Waals surface area contributed by atoms with Gasteiger partial charge in [0.15, 0.2) is 0 Å². The Morgan fingerprint density at radius 1 is 0.667 bits per heavy atom. The summed E-state index contributed by atoms with van der Waals surface area (Å²) in [6, 6.07) is -0.447. The van der Waals surface area contributed by atoms with Crippen molar-refractivity contribution < 1.29 is 14.4 Å². The summed E-state index contributed by atoms with van der Waals surface area (Å²) < 4.78 is 0. The zero-order valence-corrected chi connectivity index (χ0v) is 18.7. The van der Waals surface area contributed by atoms with Gasteiger partial charge in [0.05, 0.1) is 0 Å². The quantitative estimate of drug-likeness (QED) is 0.172. The van der Waals surface area contributed by atoms with Crippen LogP contribution in [-0.2, 0) is 9.59 Å². The second kappa shape index (κ2) is 14.0. The Labute approximate surface area is 172 Å². The summed E-state index contributed by atoms with van der Waals surface area (Å²) >= 11 is 2.64. The van der Waals surface area contributed by atoms with Gasteiger partial charge in [-0.25, -0.2) is 0 Å². The average molecular weight is 442 g/mol. The van der Waals surface area contributed by atoms with Gasteiger partial charge in [-0.15, -0.1) is 0 Å². The van der Waals surface area contributed by atoms with Crippen LogP contribution in [0.1, 0.15) is 90.9 Å². The van der Waals surface area contributed by atoms with Gasteiger partial charge in [0, 0.05) is 0 Å². The molecule has 0 N–H and O–H groups in total. The molecule has 0 bridgehead atoms. The number of carbonyl (C=O) groups excluding carboxylic acids is 3. The molecule has 27 heavy (non-hydrogen) atoms. The van der Waals surface area contributed by atoms with Crippen LogP contribution in [0.4, 0.5) is 4.79 Å². The van der Waals surface area contributed by atoms with Crippen LogP contribution < -0.4 is 0 Å². The molecule has 0 aromatic rings. The second-order valence-electron chi connectivity index (χ2n) is 7.26. The first-order valence-electron chi connectivity index (χ1n) is 10.6. The van der Waals surface area contributed by atoms with Crippen LogP contribution >= 0.6 is 0 Å². The molecule has 0 unspecified atom stereocenters. The first-order chi connectivity index (χ1) is 13.1. The normalized spacial score (nSPS) is 15.0. The first-order valence-corrected chi connectivity index (χ1v) is 11.6. The van der Waals surface area contributed by atoms with E-state index >= 15 is 0 Å². The van der Waals surface area contributed by atoms with Gasteiger partial charge >= 0.3 is 173 Å². The van der Waals surface area contributed by atoms with Crippen LogP contribution in [0.5, 0.6) is 0 Å². The number of urea groups is 1. The van der Waals surface area contributed by atoms with E-state index in [2.05, 4.69) is 29.9 Å². The van der Waals surface area contributed by atoms with Crippen LogP contribution in [0.25, 0.3) is 0 Å². The number of carbonyl (C=O) groups is 3. The number of hydrogen-bond donors (Lipinski definition) is 0. The molecule has 1 aliphatic heterocycles. The summed E-state index contributed by atoms with van der Waals surface area (Å²) in [5.41, 5.74) is 0.0755. The Bertz CT molecular complexity index is 480. The van der Waals surface area contributed by atoms with E-state index in [1.54, 1.807) is 0 Å². The first kappa shape index (κ1) is 23.9. The third kappa shape index (κ3) is 7.79. The molecule has 1 saturated heterocycles. The second-order valence-corrected chi connectivity index (χ2v) is 7.76. The van der Waals surface area contributed by atoms with Crippen molar-refractivity contribution in [3.8, 4) is 0 Å². The van der Waals surface area contributed by atoms with Gasteiger partial charge in [-0.2, -0.15) is 0 Å². The number of nitrogens with zero attached hydrogens (tertiary/aromatic N) is 2. The van der Waals surface area contributed by atoms with Crippen molar-refractivity contribution in [1.82, 2.24) is 9.80 Å². The maximum absolute atomic E-state index is 12.7. The predicted molar refractivity (Wildman–Crippen MR) is 109 cm³/mol. The number of hydrogen-bond acceptors (Lipinski definition) is 3. The van der Waals surface area contributed by atoms with Crippen molar-refractivity contribution in [2.24, 2.45) is 0 Å². The maximum atomic E-state index is 12.7.